The number of nitrogens with zero attached hydrogens (tertiary/aromatic N) is 1. The molecule has 1 unspecified atom stereocenters. The van der Waals surface area contributed by atoms with Crippen molar-refractivity contribution in [1.82, 2.24) is 9.72 Å². The SMILES string of the molecule is CCOC(=O)c1cc(C2CC2)c2c(Cl)c(-c3cc4c(s3)CCCC4NC(=O)OC(C)(C)C)ccn2c1=O. The summed E-state index contributed by atoms with van der Waals surface area (Å²) in [4.78, 5) is 40.3. The number of pyridine rings is 2. The summed E-state index contributed by atoms with van der Waals surface area (Å²) in [5.41, 5.74) is 2.51. The second-order valence-corrected chi connectivity index (χ2v) is 12.2. The van der Waals surface area contributed by atoms with Crippen LogP contribution >= 0.6 is 22.9 Å². The van der Waals surface area contributed by atoms with Gasteiger partial charge in [-0.25, -0.2) is 9.59 Å². The zero-order valence-electron chi connectivity index (χ0n) is 21.5. The summed E-state index contributed by atoms with van der Waals surface area (Å²) < 4.78 is 12.1. The highest BCUT2D eigenvalue weighted by Crippen LogP contribution is 2.47. The van der Waals surface area contributed by atoms with Gasteiger partial charge in [0.1, 0.15) is 11.2 Å². The maximum atomic E-state index is 13.2. The number of hydrogen-bond acceptors (Lipinski definition) is 6. The number of thiophene rings is 1. The Kier molecular flexibility index (Phi) is 6.83. The number of nitrogens with one attached hydrogen (secondary N) is 1. The van der Waals surface area contributed by atoms with E-state index in [0.717, 1.165) is 53.7 Å². The topological polar surface area (TPSA) is 86.1 Å². The average molecular weight is 543 g/mol. The minimum atomic E-state index is -0.613. The van der Waals surface area contributed by atoms with Crippen molar-refractivity contribution in [3.63, 3.8) is 0 Å². The number of rotatable bonds is 5. The molecular weight excluding hydrogens is 512 g/mol. The van der Waals surface area contributed by atoms with Crippen LogP contribution in [0.4, 0.5) is 4.79 Å². The molecule has 3 heterocycles. The predicted octanol–water partition coefficient (Wildman–Crippen LogP) is 6.64. The molecule has 0 aromatic carbocycles. The molecule has 1 atom stereocenters. The molecule has 3 aromatic rings. The van der Waals surface area contributed by atoms with Gasteiger partial charge in [-0.2, -0.15) is 0 Å². The maximum Gasteiger partial charge on any atom is 0.408 e. The number of aryl methyl sites for hydroxylation is 1. The molecule has 0 saturated heterocycles. The van der Waals surface area contributed by atoms with Crippen molar-refractivity contribution >= 4 is 40.5 Å². The van der Waals surface area contributed by atoms with Crippen molar-refractivity contribution in [2.45, 2.75) is 77.4 Å². The summed E-state index contributed by atoms with van der Waals surface area (Å²) in [5, 5.41) is 3.52. The summed E-state index contributed by atoms with van der Waals surface area (Å²) in [5.74, 6) is -0.353. The Morgan fingerprint density at radius 2 is 1.95 bits per heavy atom. The minimum absolute atomic E-state index is 0.0349. The maximum absolute atomic E-state index is 13.2. The Labute approximate surface area is 224 Å². The first kappa shape index (κ1) is 25.8. The van der Waals surface area contributed by atoms with Crippen LogP contribution in [-0.4, -0.2) is 28.7 Å². The molecular formula is C28H31ClN2O5S. The number of amides is 1. The normalized spacial score (nSPS) is 17.4. The second kappa shape index (κ2) is 9.80. The van der Waals surface area contributed by atoms with Gasteiger partial charge in [-0.1, -0.05) is 11.6 Å². The van der Waals surface area contributed by atoms with Crippen LogP contribution in [0.1, 0.15) is 91.7 Å². The molecule has 2 aliphatic rings. The van der Waals surface area contributed by atoms with Crippen molar-refractivity contribution < 1.29 is 19.1 Å². The van der Waals surface area contributed by atoms with Crippen LogP contribution in [-0.2, 0) is 15.9 Å². The Balaban J connectivity index is 1.55. The van der Waals surface area contributed by atoms with Gasteiger partial charge in [0.25, 0.3) is 5.56 Å². The molecule has 1 amide bonds. The molecule has 3 aromatic heterocycles. The minimum Gasteiger partial charge on any atom is -0.462 e. The van der Waals surface area contributed by atoms with Crippen molar-refractivity contribution in [2.75, 3.05) is 6.61 Å². The smallest absolute Gasteiger partial charge is 0.408 e. The largest absolute Gasteiger partial charge is 0.462 e. The van der Waals surface area contributed by atoms with Gasteiger partial charge in [0.05, 0.1) is 23.2 Å². The number of halogens is 1. The van der Waals surface area contributed by atoms with E-state index in [4.69, 9.17) is 21.1 Å². The van der Waals surface area contributed by atoms with E-state index < -0.39 is 23.2 Å². The number of esters is 1. The van der Waals surface area contributed by atoms with Crippen molar-refractivity contribution in [1.29, 1.82) is 0 Å². The zero-order chi connectivity index (χ0) is 26.5. The third kappa shape index (κ3) is 5.14. The van der Waals surface area contributed by atoms with E-state index in [1.807, 2.05) is 26.8 Å². The first-order valence-corrected chi connectivity index (χ1v) is 13.9. The van der Waals surface area contributed by atoms with Crippen LogP contribution < -0.4 is 10.9 Å². The van der Waals surface area contributed by atoms with Crippen LogP contribution in [0, 0.1) is 0 Å². The fourth-order valence-electron chi connectivity index (χ4n) is 4.92. The van der Waals surface area contributed by atoms with E-state index in [-0.39, 0.29) is 24.1 Å². The molecule has 1 N–H and O–H groups in total. The van der Waals surface area contributed by atoms with E-state index in [2.05, 4.69) is 11.4 Å². The number of hydrogen-bond donors (Lipinski definition) is 1. The summed E-state index contributed by atoms with van der Waals surface area (Å²) in [6.07, 6.45) is 6.00. The van der Waals surface area contributed by atoms with Crippen LogP contribution in [0.2, 0.25) is 5.02 Å². The first-order chi connectivity index (χ1) is 17.6. The molecule has 2 aliphatic carbocycles. The van der Waals surface area contributed by atoms with Crippen molar-refractivity contribution in [2.24, 2.45) is 0 Å². The summed E-state index contributed by atoms with van der Waals surface area (Å²) in [6, 6.07) is 5.47. The highest BCUT2D eigenvalue weighted by atomic mass is 35.5. The van der Waals surface area contributed by atoms with Crippen molar-refractivity contribution in [3.05, 3.63) is 61.3 Å². The molecule has 0 aliphatic heterocycles. The number of ether oxygens (including phenoxy) is 2. The van der Waals surface area contributed by atoms with Crippen LogP contribution in [0.25, 0.3) is 16.0 Å². The molecule has 0 bridgehead atoms. The molecule has 1 saturated carbocycles. The summed E-state index contributed by atoms with van der Waals surface area (Å²) in [7, 11) is 0. The van der Waals surface area contributed by atoms with Gasteiger partial charge in [0, 0.05) is 21.5 Å². The van der Waals surface area contributed by atoms with E-state index in [9.17, 15) is 14.4 Å². The lowest BCUT2D eigenvalue weighted by atomic mass is 9.93. The lowest BCUT2D eigenvalue weighted by molar-refractivity contribution is 0.0495. The molecule has 37 heavy (non-hydrogen) atoms. The number of alkyl carbamates (subject to hydrolysis) is 1. The third-order valence-electron chi connectivity index (χ3n) is 6.68. The number of carbonyl (C=O) groups is 2. The Bertz CT molecular complexity index is 1450. The monoisotopic (exact) mass is 542 g/mol. The van der Waals surface area contributed by atoms with E-state index in [1.54, 1.807) is 30.5 Å². The quantitative estimate of drug-likeness (QED) is 0.365. The highest BCUT2D eigenvalue weighted by molar-refractivity contribution is 7.15. The average Bonchev–Trinajstić information content (AvgIpc) is 3.57. The van der Waals surface area contributed by atoms with Gasteiger partial charge >= 0.3 is 12.1 Å². The van der Waals surface area contributed by atoms with E-state index >= 15 is 0 Å². The van der Waals surface area contributed by atoms with Gasteiger partial charge < -0.3 is 14.8 Å². The van der Waals surface area contributed by atoms with Crippen LogP contribution in [0.3, 0.4) is 0 Å². The fraction of sp³-hybridized carbons (Fsp3) is 0.464. The second-order valence-electron chi connectivity index (χ2n) is 10.7. The van der Waals surface area contributed by atoms with E-state index in [0.29, 0.717) is 10.5 Å². The number of carbonyl (C=O) groups excluding carboxylic acids is 2. The lowest BCUT2D eigenvalue weighted by Gasteiger charge is -2.26. The van der Waals surface area contributed by atoms with Gasteiger partial charge in [-0.05, 0) is 95.0 Å². The number of fused-ring (bicyclic) bond motifs is 2. The summed E-state index contributed by atoms with van der Waals surface area (Å²) >= 11 is 8.68. The molecule has 0 spiro atoms. The summed E-state index contributed by atoms with van der Waals surface area (Å²) in [6.45, 7) is 7.46. The molecule has 5 rings (SSSR count). The van der Waals surface area contributed by atoms with Crippen LogP contribution in [0.5, 0.6) is 0 Å². The van der Waals surface area contributed by atoms with Gasteiger partial charge in [0.15, 0.2) is 0 Å². The highest BCUT2D eigenvalue weighted by Gasteiger charge is 2.31. The molecule has 9 heteroatoms. The molecule has 196 valence electrons. The van der Waals surface area contributed by atoms with Crippen LogP contribution in [0.15, 0.2) is 29.2 Å². The third-order valence-corrected chi connectivity index (χ3v) is 8.31. The lowest BCUT2D eigenvalue weighted by Crippen LogP contribution is -2.35. The van der Waals surface area contributed by atoms with Gasteiger partial charge in [0.2, 0.25) is 0 Å². The van der Waals surface area contributed by atoms with Gasteiger partial charge in [-0.15, -0.1) is 11.3 Å². The van der Waals surface area contributed by atoms with Gasteiger partial charge in [-0.3, -0.25) is 9.20 Å². The first-order valence-electron chi connectivity index (χ1n) is 12.7. The van der Waals surface area contributed by atoms with Crippen molar-refractivity contribution in [3.8, 4) is 10.4 Å². The van der Waals surface area contributed by atoms with E-state index in [1.165, 1.54) is 9.28 Å². The zero-order valence-corrected chi connectivity index (χ0v) is 23.1. The fourth-order valence-corrected chi connectivity index (χ4v) is 6.64. The molecule has 1 fully saturated rings. The molecule has 0 radical (unpaired) electrons. The molecule has 7 nitrogen and oxygen atoms in total. The Morgan fingerprint density at radius 3 is 2.62 bits per heavy atom. The standard InChI is InChI=1S/C28H31ClN2O5S/c1-5-35-26(33)19-13-17(15-9-10-15)24-23(29)16(11-12-31(24)25(19)32)22-14-18-20(7-6-8-21(18)37-22)30-27(34)36-28(2,3)4/h11-15,20H,5-10H2,1-4H3,(H,30,34). The Hall–Kier alpha value is -2.84. The number of aromatic nitrogens is 1. The predicted molar refractivity (Wildman–Crippen MR) is 145 cm³/mol. The Morgan fingerprint density at radius 1 is 1.19 bits per heavy atom.